The van der Waals surface area contributed by atoms with Crippen LogP contribution in [0.4, 0.5) is 5.69 Å². The summed E-state index contributed by atoms with van der Waals surface area (Å²) in [6.07, 6.45) is 4.46. The minimum atomic E-state index is -0.328. The summed E-state index contributed by atoms with van der Waals surface area (Å²) in [6, 6.07) is 10.5. The number of nitrogens with zero attached hydrogens (tertiary/aromatic N) is 1. The maximum Gasteiger partial charge on any atom is 0.256 e. The van der Waals surface area contributed by atoms with Gasteiger partial charge in [0.2, 0.25) is 5.91 Å². The molecular formula is C20H22N2O4. The maximum absolute atomic E-state index is 12.9. The van der Waals surface area contributed by atoms with Gasteiger partial charge in [-0.05, 0) is 44.2 Å². The van der Waals surface area contributed by atoms with Crippen molar-refractivity contribution in [3.63, 3.8) is 0 Å². The van der Waals surface area contributed by atoms with E-state index in [2.05, 4.69) is 5.32 Å². The highest BCUT2D eigenvalue weighted by Gasteiger charge is 2.27. The molecule has 1 aliphatic heterocycles. The second-order valence-corrected chi connectivity index (χ2v) is 6.35. The fourth-order valence-corrected chi connectivity index (χ4v) is 3.01. The van der Waals surface area contributed by atoms with Crippen LogP contribution in [0.2, 0.25) is 0 Å². The Morgan fingerprint density at radius 1 is 1.12 bits per heavy atom. The minimum absolute atomic E-state index is 0.0133. The second kappa shape index (κ2) is 8.01. The number of ether oxygens (including phenoxy) is 1. The van der Waals surface area contributed by atoms with Gasteiger partial charge in [0.25, 0.3) is 5.91 Å². The predicted octanol–water partition coefficient (Wildman–Crippen LogP) is 3.18. The van der Waals surface area contributed by atoms with Crippen molar-refractivity contribution in [2.75, 3.05) is 18.4 Å². The summed E-state index contributed by atoms with van der Waals surface area (Å²) in [7, 11) is 0. The van der Waals surface area contributed by atoms with Crippen LogP contribution in [0.25, 0.3) is 6.08 Å². The zero-order valence-corrected chi connectivity index (χ0v) is 14.8. The van der Waals surface area contributed by atoms with E-state index in [1.165, 1.54) is 12.3 Å². The average Bonchev–Trinajstić information content (AvgIpc) is 3.12. The van der Waals surface area contributed by atoms with E-state index in [4.69, 9.17) is 9.15 Å². The number of furan rings is 1. The summed E-state index contributed by atoms with van der Waals surface area (Å²) in [5.74, 6) is 0.143. The lowest BCUT2D eigenvalue weighted by Gasteiger charge is -2.35. The molecule has 2 unspecified atom stereocenters. The standard InChI is InChI=1S/C20H22N2O4/c1-14-12-22(13-15(2)26-14)20(24)17-7-3-4-8-18(17)21-19(23)10-9-16-6-5-11-25-16/h3-11,14-15H,12-13H2,1-2H3,(H,21,23)/b10-9+. The van der Waals surface area contributed by atoms with Gasteiger partial charge in [0.05, 0.1) is 29.7 Å². The summed E-state index contributed by atoms with van der Waals surface area (Å²) < 4.78 is 10.8. The highest BCUT2D eigenvalue weighted by molar-refractivity contribution is 6.07. The lowest BCUT2D eigenvalue weighted by Crippen LogP contribution is -2.48. The Hall–Kier alpha value is -2.86. The van der Waals surface area contributed by atoms with Gasteiger partial charge in [-0.1, -0.05) is 12.1 Å². The Bertz CT molecular complexity index is 788. The molecule has 0 saturated carbocycles. The predicted molar refractivity (Wildman–Crippen MR) is 98.7 cm³/mol. The lowest BCUT2D eigenvalue weighted by molar-refractivity contribution is -0.111. The number of rotatable bonds is 4. The van der Waals surface area contributed by atoms with Gasteiger partial charge in [-0.15, -0.1) is 0 Å². The first-order valence-corrected chi connectivity index (χ1v) is 8.59. The zero-order chi connectivity index (χ0) is 18.5. The highest BCUT2D eigenvalue weighted by Crippen LogP contribution is 2.20. The van der Waals surface area contributed by atoms with Crippen molar-refractivity contribution in [3.05, 3.63) is 60.1 Å². The normalized spacial score (nSPS) is 20.3. The van der Waals surface area contributed by atoms with Gasteiger partial charge >= 0.3 is 0 Å². The maximum atomic E-state index is 12.9. The zero-order valence-electron chi connectivity index (χ0n) is 14.8. The third kappa shape index (κ3) is 4.40. The average molecular weight is 354 g/mol. The third-order valence-corrected chi connectivity index (χ3v) is 4.06. The number of hydrogen-bond acceptors (Lipinski definition) is 4. The molecule has 2 amide bonds. The fourth-order valence-electron chi connectivity index (χ4n) is 3.01. The molecule has 0 bridgehead atoms. The van der Waals surface area contributed by atoms with Crippen LogP contribution < -0.4 is 5.32 Å². The Labute approximate surface area is 152 Å². The Morgan fingerprint density at radius 3 is 2.54 bits per heavy atom. The van der Waals surface area contributed by atoms with Crippen molar-refractivity contribution in [2.24, 2.45) is 0 Å². The second-order valence-electron chi connectivity index (χ2n) is 6.35. The molecule has 6 nitrogen and oxygen atoms in total. The molecule has 0 radical (unpaired) electrons. The molecule has 6 heteroatoms. The van der Waals surface area contributed by atoms with Crippen LogP contribution in [-0.4, -0.2) is 42.0 Å². The Kier molecular flexibility index (Phi) is 5.53. The van der Waals surface area contributed by atoms with Gasteiger partial charge in [-0.3, -0.25) is 9.59 Å². The molecule has 2 atom stereocenters. The van der Waals surface area contributed by atoms with Crippen LogP contribution in [0.3, 0.4) is 0 Å². The number of para-hydroxylation sites is 1. The van der Waals surface area contributed by atoms with Gasteiger partial charge in [0, 0.05) is 19.2 Å². The smallest absolute Gasteiger partial charge is 0.256 e. The number of morpholine rings is 1. The molecule has 1 aromatic heterocycles. The topological polar surface area (TPSA) is 71.8 Å². The van der Waals surface area contributed by atoms with Crippen LogP contribution in [-0.2, 0) is 9.53 Å². The molecular weight excluding hydrogens is 332 g/mol. The van der Waals surface area contributed by atoms with Crippen molar-refractivity contribution in [2.45, 2.75) is 26.1 Å². The van der Waals surface area contributed by atoms with Crippen LogP contribution in [0.5, 0.6) is 0 Å². The van der Waals surface area contributed by atoms with Crippen molar-refractivity contribution in [1.82, 2.24) is 4.90 Å². The summed E-state index contributed by atoms with van der Waals surface area (Å²) in [5, 5.41) is 2.77. The molecule has 2 aromatic rings. The number of benzene rings is 1. The molecule has 0 aliphatic carbocycles. The van der Waals surface area contributed by atoms with E-state index in [0.29, 0.717) is 30.1 Å². The van der Waals surface area contributed by atoms with Crippen molar-refractivity contribution >= 4 is 23.6 Å². The Balaban J connectivity index is 1.73. The van der Waals surface area contributed by atoms with Crippen LogP contribution >= 0.6 is 0 Å². The largest absolute Gasteiger partial charge is 0.465 e. The molecule has 3 rings (SSSR count). The van der Waals surface area contributed by atoms with E-state index in [9.17, 15) is 9.59 Å². The molecule has 1 saturated heterocycles. The number of amides is 2. The first-order valence-electron chi connectivity index (χ1n) is 8.59. The van der Waals surface area contributed by atoms with Crippen molar-refractivity contribution < 1.29 is 18.7 Å². The lowest BCUT2D eigenvalue weighted by atomic mass is 10.1. The van der Waals surface area contributed by atoms with Gasteiger partial charge < -0.3 is 19.4 Å². The van der Waals surface area contributed by atoms with E-state index in [1.807, 2.05) is 13.8 Å². The molecule has 0 spiro atoms. The number of anilines is 1. The molecule has 136 valence electrons. The number of carbonyl (C=O) groups is 2. The minimum Gasteiger partial charge on any atom is -0.465 e. The van der Waals surface area contributed by atoms with Gasteiger partial charge in [0.1, 0.15) is 5.76 Å². The molecule has 1 fully saturated rings. The van der Waals surface area contributed by atoms with E-state index < -0.39 is 0 Å². The van der Waals surface area contributed by atoms with E-state index in [-0.39, 0.29) is 24.0 Å². The van der Waals surface area contributed by atoms with Gasteiger partial charge in [0.15, 0.2) is 0 Å². The van der Waals surface area contributed by atoms with Crippen LogP contribution in [0.15, 0.2) is 53.2 Å². The van der Waals surface area contributed by atoms with Gasteiger partial charge in [-0.2, -0.15) is 0 Å². The summed E-state index contributed by atoms with van der Waals surface area (Å²) in [5.41, 5.74) is 0.951. The number of nitrogens with one attached hydrogen (secondary N) is 1. The van der Waals surface area contributed by atoms with Crippen molar-refractivity contribution in [1.29, 1.82) is 0 Å². The molecule has 1 aromatic carbocycles. The first kappa shape index (κ1) is 17.9. The Morgan fingerprint density at radius 2 is 1.85 bits per heavy atom. The van der Waals surface area contributed by atoms with E-state index in [1.54, 1.807) is 47.4 Å². The quantitative estimate of drug-likeness (QED) is 0.856. The molecule has 1 aliphatic rings. The van der Waals surface area contributed by atoms with E-state index in [0.717, 1.165) is 0 Å². The molecule has 1 N–H and O–H groups in total. The summed E-state index contributed by atoms with van der Waals surface area (Å²) in [4.78, 5) is 26.9. The monoisotopic (exact) mass is 354 g/mol. The fraction of sp³-hybridized carbons (Fsp3) is 0.300. The summed E-state index contributed by atoms with van der Waals surface area (Å²) in [6.45, 7) is 4.96. The van der Waals surface area contributed by atoms with Crippen LogP contribution in [0, 0.1) is 0 Å². The van der Waals surface area contributed by atoms with Crippen LogP contribution in [0.1, 0.15) is 30.0 Å². The highest BCUT2D eigenvalue weighted by atomic mass is 16.5. The first-order chi connectivity index (χ1) is 12.5. The van der Waals surface area contributed by atoms with Gasteiger partial charge in [-0.25, -0.2) is 0 Å². The van der Waals surface area contributed by atoms with E-state index >= 15 is 0 Å². The number of hydrogen-bond donors (Lipinski definition) is 1. The van der Waals surface area contributed by atoms with Crippen molar-refractivity contribution in [3.8, 4) is 0 Å². The molecule has 2 heterocycles. The number of carbonyl (C=O) groups excluding carboxylic acids is 2. The molecule has 26 heavy (non-hydrogen) atoms. The third-order valence-electron chi connectivity index (χ3n) is 4.06. The SMILES string of the molecule is CC1CN(C(=O)c2ccccc2NC(=O)/C=C/c2ccco2)CC(C)O1. The summed E-state index contributed by atoms with van der Waals surface area (Å²) >= 11 is 0.